The van der Waals surface area contributed by atoms with Crippen molar-refractivity contribution in [2.45, 2.75) is 213 Å². The lowest BCUT2D eigenvalue weighted by Crippen LogP contribution is -2.30. The maximum absolute atomic E-state index is 12.6. The summed E-state index contributed by atoms with van der Waals surface area (Å²) in [6, 6.07) is 0. The Bertz CT molecular complexity index is 933. The molecule has 0 aromatic heterocycles. The molecule has 52 heavy (non-hydrogen) atoms. The monoisotopic (exact) mass is 729 g/mol. The van der Waals surface area contributed by atoms with Crippen LogP contribution in [0.3, 0.4) is 0 Å². The van der Waals surface area contributed by atoms with Crippen molar-refractivity contribution in [1.82, 2.24) is 0 Å². The third-order valence-electron chi connectivity index (χ3n) is 9.07. The van der Waals surface area contributed by atoms with Crippen LogP contribution in [-0.4, -0.2) is 37.2 Å². The largest absolute Gasteiger partial charge is 0.462 e. The molecule has 0 N–H and O–H groups in total. The van der Waals surface area contributed by atoms with E-state index >= 15 is 0 Å². The Labute approximate surface area is 320 Å². The van der Waals surface area contributed by atoms with E-state index < -0.39 is 6.10 Å². The van der Waals surface area contributed by atoms with E-state index in [4.69, 9.17) is 14.2 Å². The van der Waals surface area contributed by atoms with Gasteiger partial charge < -0.3 is 14.2 Å². The Balaban J connectivity index is 4.28. The fraction of sp³-hybridized carbons (Fsp3) is 0.761. The number of unbranched alkanes of at least 4 members (excludes halogenated alkanes) is 19. The van der Waals surface area contributed by atoms with Crippen LogP contribution in [0.4, 0.5) is 0 Å². The molecule has 6 heteroatoms. The number of allylic oxidation sites excluding steroid dienone is 8. The highest BCUT2D eigenvalue weighted by Crippen LogP contribution is 2.13. The van der Waals surface area contributed by atoms with E-state index in [1.54, 1.807) is 0 Å². The van der Waals surface area contributed by atoms with E-state index in [-0.39, 0.29) is 31.1 Å². The van der Waals surface area contributed by atoms with Crippen LogP contribution in [0.2, 0.25) is 0 Å². The maximum atomic E-state index is 12.6. The van der Waals surface area contributed by atoms with Crippen LogP contribution in [0.5, 0.6) is 0 Å². The van der Waals surface area contributed by atoms with Crippen molar-refractivity contribution in [1.29, 1.82) is 0 Å². The molecule has 0 fully saturated rings. The Morgan fingerprint density at radius 2 is 0.769 bits per heavy atom. The van der Waals surface area contributed by atoms with E-state index in [1.165, 1.54) is 70.6 Å². The Hall–Kier alpha value is -2.63. The number of esters is 3. The van der Waals surface area contributed by atoms with E-state index in [0.29, 0.717) is 19.3 Å². The van der Waals surface area contributed by atoms with E-state index in [1.807, 2.05) is 0 Å². The van der Waals surface area contributed by atoms with Crippen molar-refractivity contribution < 1.29 is 28.6 Å². The van der Waals surface area contributed by atoms with Gasteiger partial charge in [-0.3, -0.25) is 14.4 Å². The maximum Gasteiger partial charge on any atom is 0.306 e. The molecule has 1 unspecified atom stereocenters. The summed E-state index contributed by atoms with van der Waals surface area (Å²) in [6.07, 6.45) is 46.8. The number of hydrogen-bond donors (Lipinski definition) is 0. The predicted molar refractivity (Wildman–Crippen MR) is 219 cm³/mol. The molecule has 0 aliphatic carbocycles. The summed E-state index contributed by atoms with van der Waals surface area (Å²) < 4.78 is 16.6. The fourth-order valence-corrected chi connectivity index (χ4v) is 5.79. The Morgan fingerprint density at radius 1 is 0.404 bits per heavy atom. The lowest BCUT2D eigenvalue weighted by atomic mass is 10.1. The molecule has 0 saturated carbocycles. The van der Waals surface area contributed by atoms with Gasteiger partial charge in [0.2, 0.25) is 0 Å². The molecule has 0 bridgehead atoms. The topological polar surface area (TPSA) is 78.9 Å². The van der Waals surface area contributed by atoms with E-state index in [9.17, 15) is 14.4 Å². The van der Waals surface area contributed by atoms with Gasteiger partial charge in [0.1, 0.15) is 13.2 Å². The van der Waals surface area contributed by atoms with Crippen LogP contribution >= 0.6 is 0 Å². The van der Waals surface area contributed by atoms with E-state index in [2.05, 4.69) is 69.4 Å². The molecule has 0 heterocycles. The quantitative estimate of drug-likeness (QED) is 0.0272. The summed E-state index contributed by atoms with van der Waals surface area (Å²) in [6.45, 7) is 6.39. The van der Waals surface area contributed by atoms with Gasteiger partial charge in [-0.2, -0.15) is 0 Å². The standard InChI is InChI=1S/C46H80O6/c1-4-7-10-13-16-18-20-21-22-23-24-25-27-28-30-33-36-39-45(48)51-42-43(41-50-44(47)38-35-32-15-12-9-6-3)52-46(49)40-37-34-31-29-26-19-17-14-11-8-5-2/h7,10,14,16-18,21-22,43H,4-6,8-9,11-13,15,19-20,23-42H2,1-3H3/b10-7-,17-14-,18-16-,22-21-. The molecule has 300 valence electrons. The summed E-state index contributed by atoms with van der Waals surface area (Å²) in [5.41, 5.74) is 0. The first-order valence-corrected chi connectivity index (χ1v) is 21.6. The van der Waals surface area contributed by atoms with Gasteiger partial charge in [0.05, 0.1) is 0 Å². The van der Waals surface area contributed by atoms with Crippen LogP contribution in [0.25, 0.3) is 0 Å². The molecule has 0 aromatic rings. The highest BCUT2D eigenvalue weighted by molar-refractivity contribution is 5.71. The average Bonchev–Trinajstić information content (AvgIpc) is 3.14. The van der Waals surface area contributed by atoms with Crippen LogP contribution in [-0.2, 0) is 28.6 Å². The zero-order valence-electron chi connectivity index (χ0n) is 34.1. The van der Waals surface area contributed by atoms with Crippen LogP contribution < -0.4 is 0 Å². The van der Waals surface area contributed by atoms with Crippen molar-refractivity contribution in [2.24, 2.45) is 0 Å². The third-order valence-corrected chi connectivity index (χ3v) is 9.07. The molecule has 1 atom stereocenters. The lowest BCUT2D eigenvalue weighted by molar-refractivity contribution is -0.167. The Kier molecular flexibility index (Phi) is 39.1. The van der Waals surface area contributed by atoms with Gasteiger partial charge in [-0.05, 0) is 70.6 Å². The molecule has 0 amide bonds. The molecular formula is C46H80O6. The SMILES string of the molecule is CC/C=C\C/C=C\C/C=C\CCCCCCCCCC(=O)OCC(COC(=O)CCCCCCCC)OC(=O)CCCCCCC/C=C\CCCC. The van der Waals surface area contributed by atoms with Gasteiger partial charge in [-0.25, -0.2) is 0 Å². The second-order valence-electron chi connectivity index (χ2n) is 14.2. The minimum Gasteiger partial charge on any atom is -0.462 e. The van der Waals surface area contributed by atoms with Gasteiger partial charge in [0.25, 0.3) is 0 Å². The molecule has 0 saturated heterocycles. The number of carbonyl (C=O) groups excluding carboxylic acids is 3. The second kappa shape index (κ2) is 41.1. The van der Waals surface area contributed by atoms with Gasteiger partial charge in [0.15, 0.2) is 6.10 Å². The highest BCUT2D eigenvalue weighted by Gasteiger charge is 2.19. The summed E-state index contributed by atoms with van der Waals surface area (Å²) in [5, 5.41) is 0. The van der Waals surface area contributed by atoms with Crippen LogP contribution in [0, 0.1) is 0 Å². The molecule has 0 aliphatic heterocycles. The number of rotatable bonds is 38. The van der Waals surface area contributed by atoms with Crippen molar-refractivity contribution in [3.05, 3.63) is 48.6 Å². The van der Waals surface area contributed by atoms with Crippen LogP contribution in [0.15, 0.2) is 48.6 Å². The molecule has 0 aliphatic rings. The second-order valence-corrected chi connectivity index (χ2v) is 14.2. The molecule has 0 aromatic carbocycles. The fourth-order valence-electron chi connectivity index (χ4n) is 5.79. The zero-order valence-corrected chi connectivity index (χ0v) is 34.1. The van der Waals surface area contributed by atoms with Gasteiger partial charge in [-0.1, -0.05) is 166 Å². The predicted octanol–water partition coefficient (Wildman–Crippen LogP) is 13.6. The molecule has 0 radical (unpaired) electrons. The number of ether oxygens (including phenoxy) is 3. The summed E-state index contributed by atoms with van der Waals surface area (Å²) in [4.78, 5) is 37.5. The highest BCUT2D eigenvalue weighted by atomic mass is 16.6. The summed E-state index contributed by atoms with van der Waals surface area (Å²) in [5.74, 6) is -0.914. The summed E-state index contributed by atoms with van der Waals surface area (Å²) >= 11 is 0. The number of carbonyl (C=O) groups is 3. The third kappa shape index (κ3) is 38.6. The summed E-state index contributed by atoms with van der Waals surface area (Å²) in [7, 11) is 0. The smallest absolute Gasteiger partial charge is 0.306 e. The van der Waals surface area contributed by atoms with Gasteiger partial charge in [0, 0.05) is 19.3 Å². The van der Waals surface area contributed by atoms with Gasteiger partial charge in [-0.15, -0.1) is 0 Å². The van der Waals surface area contributed by atoms with Crippen molar-refractivity contribution in [3.8, 4) is 0 Å². The van der Waals surface area contributed by atoms with Gasteiger partial charge >= 0.3 is 17.9 Å². The molecular weight excluding hydrogens is 648 g/mol. The molecule has 0 spiro atoms. The minimum atomic E-state index is -0.774. The average molecular weight is 729 g/mol. The van der Waals surface area contributed by atoms with Crippen molar-refractivity contribution >= 4 is 17.9 Å². The lowest BCUT2D eigenvalue weighted by Gasteiger charge is -2.18. The zero-order chi connectivity index (χ0) is 38.0. The number of hydrogen-bond acceptors (Lipinski definition) is 6. The van der Waals surface area contributed by atoms with Crippen molar-refractivity contribution in [3.63, 3.8) is 0 Å². The minimum absolute atomic E-state index is 0.0801. The van der Waals surface area contributed by atoms with Crippen LogP contribution in [0.1, 0.15) is 207 Å². The molecule has 6 nitrogen and oxygen atoms in total. The van der Waals surface area contributed by atoms with Crippen molar-refractivity contribution in [2.75, 3.05) is 13.2 Å². The Morgan fingerprint density at radius 3 is 1.25 bits per heavy atom. The molecule has 0 rings (SSSR count). The first-order valence-electron chi connectivity index (χ1n) is 21.6. The first kappa shape index (κ1) is 49.4. The first-order chi connectivity index (χ1) is 25.5. The van der Waals surface area contributed by atoms with E-state index in [0.717, 1.165) is 96.3 Å². The normalized spacial score (nSPS) is 12.4.